The van der Waals surface area contributed by atoms with E-state index < -0.39 is 11.8 Å². The lowest BCUT2D eigenvalue weighted by Crippen LogP contribution is -2.37. The largest absolute Gasteiger partial charge is 0.495 e. The first kappa shape index (κ1) is 32.2. The van der Waals surface area contributed by atoms with Crippen LogP contribution in [-0.2, 0) is 28.0 Å². The van der Waals surface area contributed by atoms with Crippen molar-refractivity contribution in [2.75, 3.05) is 38.0 Å². The van der Waals surface area contributed by atoms with E-state index in [0.717, 1.165) is 5.52 Å². The molecule has 0 aliphatic heterocycles. The van der Waals surface area contributed by atoms with E-state index in [0.29, 0.717) is 50.6 Å². The molecule has 0 bridgehead atoms. The number of ether oxygens (including phenoxy) is 3. The molecular formula is C31H31Cl2N5O6. The molecule has 0 spiro atoms. The van der Waals surface area contributed by atoms with Gasteiger partial charge in [0.25, 0.3) is 6.01 Å². The van der Waals surface area contributed by atoms with Crippen molar-refractivity contribution in [2.45, 2.75) is 13.5 Å². The number of nitrogens with zero attached hydrogens (tertiary/aromatic N) is 3. The van der Waals surface area contributed by atoms with Crippen molar-refractivity contribution in [3.63, 3.8) is 0 Å². The second kappa shape index (κ2) is 14.2. The van der Waals surface area contributed by atoms with Crippen LogP contribution in [0.5, 0.6) is 17.5 Å². The van der Waals surface area contributed by atoms with Crippen LogP contribution in [0.4, 0.5) is 11.4 Å². The predicted octanol–water partition coefficient (Wildman–Crippen LogP) is 5.23. The van der Waals surface area contributed by atoms with Crippen LogP contribution in [0.2, 0.25) is 10.0 Å². The summed E-state index contributed by atoms with van der Waals surface area (Å²) in [5.74, 6) is -0.160. The summed E-state index contributed by atoms with van der Waals surface area (Å²) in [5.41, 5.74) is 3.50. The molecule has 1 aromatic heterocycles. The highest BCUT2D eigenvalue weighted by atomic mass is 35.5. The number of carbonyl (C=O) groups is 3. The van der Waals surface area contributed by atoms with Gasteiger partial charge in [-0.3, -0.25) is 19.0 Å². The number of benzene rings is 3. The van der Waals surface area contributed by atoms with Crippen LogP contribution in [0, 0.1) is 0 Å². The molecule has 230 valence electrons. The number of aryl methyl sites for hydroxylation is 1. The number of para-hydroxylation sites is 1. The number of amides is 3. The maximum absolute atomic E-state index is 13.0. The third kappa shape index (κ3) is 7.24. The van der Waals surface area contributed by atoms with Gasteiger partial charge in [0.1, 0.15) is 23.6 Å². The normalized spacial score (nSPS) is 11.0. The van der Waals surface area contributed by atoms with E-state index in [2.05, 4.69) is 15.6 Å². The molecule has 4 aromatic rings. The van der Waals surface area contributed by atoms with Gasteiger partial charge in [0, 0.05) is 37.7 Å². The fourth-order valence-electron chi connectivity index (χ4n) is 4.34. The number of rotatable bonds is 11. The molecule has 0 unspecified atom stereocenters. The molecule has 1 heterocycles. The molecule has 0 aliphatic carbocycles. The SMILES string of the molecule is COc1cc(/C=C/C(=O)NCC(=O)N(C)c2ccc(Cl)c(COc3cccc4c3nc(OC)n4C)c2Cl)ccc1NC(C)=O. The van der Waals surface area contributed by atoms with Crippen LogP contribution in [0.1, 0.15) is 18.1 Å². The van der Waals surface area contributed by atoms with E-state index in [1.807, 2.05) is 23.7 Å². The summed E-state index contributed by atoms with van der Waals surface area (Å²) < 4.78 is 18.5. The quantitative estimate of drug-likeness (QED) is 0.215. The molecule has 0 fully saturated rings. The zero-order valence-electron chi connectivity index (χ0n) is 24.7. The molecule has 0 saturated carbocycles. The van der Waals surface area contributed by atoms with Crippen molar-refractivity contribution in [1.29, 1.82) is 0 Å². The van der Waals surface area contributed by atoms with Crippen molar-refractivity contribution < 1.29 is 28.6 Å². The van der Waals surface area contributed by atoms with Gasteiger partial charge in [-0.05, 0) is 48.0 Å². The highest BCUT2D eigenvalue weighted by Crippen LogP contribution is 2.36. The Hall–Kier alpha value is -4.74. The summed E-state index contributed by atoms with van der Waals surface area (Å²) in [7, 11) is 6.41. The number of fused-ring (bicyclic) bond motifs is 1. The van der Waals surface area contributed by atoms with Gasteiger partial charge >= 0.3 is 0 Å². The second-order valence-corrected chi connectivity index (χ2v) is 10.4. The first-order valence-corrected chi connectivity index (χ1v) is 14.1. The minimum Gasteiger partial charge on any atom is -0.495 e. The van der Waals surface area contributed by atoms with Gasteiger partial charge in [-0.1, -0.05) is 35.3 Å². The summed E-state index contributed by atoms with van der Waals surface area (Å²) in [5, 5.41) is 5.84. The van der Waals surface area contributed by atoms with E-state index in [9.17, 15) is 14.4 Å². The zero-order valence-corrected chi connectivity index (χ0v) is 26.2. The third-order valence-corrected chi connectivity index (χ3v) is 7.44. The summed E-state index contributed by atoms with van der Waals surface area (Å²) in [6.45, 7) is 1.14. The van der Waals surface area contributed by atoms with Crippen LogP contribution in [-0.4, -0.2) is 55.1 Å². The Morgan fingerprint density at radius 2 is 1.82 bits per heavy atom. The van der Waals surface area contributed by atoms with Crippen molar-refractivity contribution >= 4 is 69.4 Å². The maximum atomic E-state index is 13.0. The number of carbonyl (C=O) groups excluding carboxylic acids is 3. The Balaban J connectivity index is 1.40. The molecule has 0 atom stereocenters. The second-order valence-electron chi connectivity index (χ2n) is 9.57. The number of hydrogen-bond donors (Lipinski definition) is 2. The number of methoxy groups -OCH3 is 2. The first-order chi connectivity index (χ1) is 21.0. The zero-order chi connectivity index (χ0) is 32.0. The molecule has 3 amide bonds. The Kier molecular flexibility index (Phi) is 10.4. The van der Waals surface area contributed by atoms with Crippen LogP contribution >= 0.6 is 23.2 Å². The minimum atomic E-state index is -0.478. The lowest BCUT2D eigenvalue weighted by Gasteiger charge is -2.21. The smallest absolute Gasteiger partial charge is 0.296 e. The molecule has 0 aliphatic rings. The molecule has 4 rings (SSSR count). The van der Waals surface area contributed by atoms with Crippen molar-refractivity contribution in [1.82, 2.24) is 14.9 Å². The Labute approximate surface area is 264 Å². The van der Waals surface area contributed by atoms with Gasteiger partial charge in [-0.2, -0.15) is 4.98 Å². The van der Waals surface area contributed by atoms with E-state index in [-0.39, 0.29) is 24.1 Å². The monoisotopic (exact) mass is 639 g/mol. The minimum absolute atomic E-state index is 0.0175. The van der Waals surface area contributed by atoms with E-state index in [1.54, 1.807) is 56.6 Å². The number of aromatic nitrogens is 2. The Bertz CT molecular complexity index is 1750. The molecule has 11 nitrogen and oxygen atoms in total. The predicted molar refractivity (Wildman–Crippen MR) is 171 cm³/mol. The Morgan fingerprint density at radius 1 is 1.05 bits per heavy atom. The van der Waals surface area contributed by atoms with Crippen LogP contribution in [0.25, 0.3) is 17.1 Å². The summed E-state index contributed by atoms with van der Waals surface area (Å²) in [6, 6.07) is 14.3. The van der Waals surface area contributed by atoms with Gasteiger partial charge < -0.3 is 29.7 Å². The third-order valence-electron chi connectivity index (χ3n) is 6.67. The number of likely N-dealkylation sites (N-methyl/N-ethyl adjacent to an activating group) is 1. The van der Waals surface area contributed by atoms with E-state index in [4.69, 9.17) is 37.4 Å². The molecular weight excluding hydrogens is 609 g/mol. The van der Waals surface area contributed by atoms with Crippen molar-refractivity contribution in [3.8, 4) is 17.5 Å². The highest BCUT2D eigenvalue weighted by molar-refractivity contribution is 6.38. The van der Waals surface area contributed by atoms with E-state index in [1.165, 1.54) is 25.0 Å². The molecule has 3 aromatic carbocycles. The molecule has 0 saturated heterocycles. The molecule has 2 N–H and O–H groups in total. The number of halogens is 2. The van der Waals surface area contributed by atoms with Gasteiger partial charge in [0.2, 0.25) is 17.7 Å². The number of nitrogens with one attached hydrogen (secondary N) is 2. The van der Waals surface area contributed by atoms with Crippen LogP contribution in [0.3, 0.4) is 0 Å². The average Bonchev–Trinajstić information content (AvgIpc) is 3.34. The van der Waals surface area contributed by atoms with Gasteiger partial charge in [-0.25, -0.2) is 0 Å². The van der Waals surface area contributed by atoms with Crippen molar-refractivity contribution in [3.05, 3.63) is 75.8 Å². The standard InChI is InChI=1S/C31H31Cl2N5O6/c1-18(39)35-22-12-9-19(15-26(22)42-4)10-14-27(40)34-16-28(41)37(2)23-13-11-21(32)20(29(23)33)17-44-25-8-6-7-24-30(25)36-31(43-5)38(24)3/h6-15H,16-17H2,1-5H3,(H,34,40)(H,35,39)/b14-10+. The highest BCUT2D eigenvalue weighted by Gasteiger charge is 2.20. The average molecular weight is 641 g/mol. The first-order valence-electron chi connectivity index (χ1n) is 13.3. The maximum Gasteiger partial charge on any atom is 0.296 e. The van der Waals surface area contributed by atoms with Gasteiger partial charge in [0.15, 0.2) is 0 Å². The van der Waals surface area contributed by atoms with Crippen LogP contribution < -0.4 is 29.7 Å². The molecule has 0 radical (unpaired) electrons. The number of anilines is 2. The summed E-state index contributed by atoms with van der Waals surface area (Å²) in [4.78, 5) is 42.6. The van der Waals surface area contributed by atoms with Gasteiger partial charge in [0.05, 0.1) is 42.7 Å². The summed E-state index contributed by atoms with van der Waals surface area (Å²) in [6.07, 6.45) is 2.86. The van der Waals surface area contributed by atoms with Crippen molar-refractivity contribution in [2.24, 2.45) is 7.05 Å². The number of imidazole rings is 1. The molecule has 13 heteroatoms. The Morgan fingerprint density at radius 3 is 2.52 bits per heavy atom. The summed E-state index contributed by atoms with van der Waals surface area (Å²) >= 11 is 13.2. The lowest BCUT2D eigenvalue weighted by atomic mass is 10.1. The fraction of sp³-hybridized carbons (Fsp3) is 0.226. The molecule has 44 heavy (non-hydrogen) atoms. The lowest BCUT2D eigenvalue weighted by molar-refractivity contribution is -0.122. The van der Waals surface area contributed by atoms with E-state index >= 15 is 0 Å². The number of hydrogen-bond acceptors (Lipinski definition) is 7. The topological polar surface area (TPSA) is 124 Å². The van der Waals surface area contributed by atoms with Crippen LogP contribution in [0.15, 0.2) is 54.6 Å². The van der Waals surface area contributed by atoms with Gasteiger partial charge in [-0.15, -0.1) is 0 Å². The fourth-order valence-corrected chi connectivity index (χ4v) is 4.95.